The van der Waals surface area contributed by atoms with Crippen LogP contribution >= 0.6 is 0 Å². The molecule has 4 nitrogen and oxygen atoms in total. The molecule has 242 valence electrons. The van der Waals surface area contributed by atoms with Crippen LogP contribution in [0, 0.1) is 0 Å². The Morgan fingerprint density at radius 3 is 1.00 bits per heavy atom. The zero-order valence-electron chi connectivity index (χ0n) is 27.8. The van der Waals surface area contributed by atoms with Gasteiger partial charge in [-0.2, -0.15) is 0 Å². The second-order valence-corrected chi connectivity index (χ2v) is 12.3. The molecule has 0 rings (SSSR count). The van der Waals surface area contributed by atoms with Crippen molar-refractivity contribution in [3.63, 3.8) is 0 Å². The van der Waals surface area contributed by atoms with Gasteiger partial charge in [-0.15, -0.1) is 0 Å². The lowest BCUT2D eigenvalue weighted by atomic mass is 10.0. The van der Waals surface area contributed by atoms with Gasteiger partial charge in [0.05, 0.1) is 19.6 Å². The summed E-state index contributed by atoms with van der Waals surface area (Å²) in [5.74, 6) is -0.841. The van der Waals surface area contributed by atoms with Crippen LogP contribution in [0.1, 0.15) is 200 Å². The Balaban J connectivity index is 3.41. The minimum atomic E-state index is -0.465. The fraction of sp³-hybridized carbons (Fsp3) is 0.892. The molecule has 0 saturated carbocycles. The number of hydrogen-bond acceptors (Lipinski definition) is 4. The van der Waals surface area contributed by atoms with Gasteiger partial charge in [0.1, 0.15) is 0 Å². The van der Waals surface area contributed by atoms with Crippen molar-refractivity contribution in [2.45, 2.75) is 200 Å². The van der Waals surface area contributed by atoms with E-state index in [2.05, 4.69) is 20.4 Å². The predicted octanol–water partition coefficient (Wildman–Crippen LogP) is 12.0. The third-order valence-corrected chi connectivity index (χ3v) is 8.14. The molecule has 4 heteroatoms. The molecule has 0 spiro atoms. The Kier molecular flexibility index (Phi) is 32.1. The molecule has 0 aliphatic rings. The van der Waals surface area contributed by atoms with Crippen LogP contribution in [-0.4, -0.2) is 25.2 Å². The van der Waals surface area contributed by atoms with E-state index in [1.54, 1.807) is 0 Å². The summed E-state index contributed by atoms with van der Waals surface area (Å²) in [6.07, 6.45) is 36.3. The molecule has 0 aromatic rings. The van der Waals surface area contributed by atoms with Gasteiger partial charge in [0, 0.05) is 5.57 Å². The summed E-state index contributed by atoms with van der Waals surface area (Å²) in [6, 6.07) is 0. The molecule has 0 saturated heterocycles. The first-order chi connectivity index (χ1) is 20.1. The molecule has 0 fully saturated rings. The molecular formula is C37H70O4. The normalized spacial score (nSPS) is 11.1. The minimum absolute atomic E-state index is 0.0732. The summed E-state index contributed by atoms with van der Waals surface area (Å²) in [5.41, 5.74) is 0.196. The first kappa shape index (κ1) is 39.7. The van der Waals surface area contributed by atoms with Gasteiger partial charge in [0.15, 0.2) is 0 Å². The van der Waals surface area contributed by atoms with Gasteiger partial charge in [0.2, 0.25) is 0 Å². The Hall–Kier alpha value is -1.32. The Labute approximate surface area is 256 Å². The summed E-state index contributed by atoms with van der Waals surface area (Å²) in [5, 5.41) is 0. The highest BCUT2D eigenvalue weighted by Gasteiger charge is 2.14. The number of carbonyl (C=O) groups is 2. The molecule has 0 heterocycles. The van der Waals surface area contributed by atoms with Crippen molar-refractivity contribution in [1.29, 1.82) is 0 Å². The molecule has 0 unspecified atom stereocenters. The summed E-state index contributed by atoms with van der Waals surface area (Å²) in [4.78, 5) is 24.1. The first-order valence-electron chi connectivity index (χ1n) is 18.1. The van der Waals surface area contributed by atoms with Crippen molar-refractivity contribution in [2.24, 2.45) is 0 Å². The molecule has 0 N–H and O–H groups in total. The van der Waals surface area contributed by atoms with Crippen molar-refractivity contribution < 1.29 is 19.1 Å². The molecule has 0 radical (unpaired) electrons. The van der Waals surface area contributed by atoms with E-state index in [-0.39, 0.29) is 18.0 Å². The topological polar surface area (TPSA) is 52.6 Å². The van der Waals surface area contributed by atoms with E-state index in [0.29, 0.717) is 13.2 Å². The third-order valence-electron chi connectivity index (χ3n) is 8.14. The molecule has 0 bridgehead atoms. The van der Waals surface area contributed by atoms with Crippen LogP contribution in [0.5, 0.6) is 0 Å². The summed E-state index contributed by atoms with van der Waals surface area (Å²) in [7, 11) is 0. The lowest BCUT2D eigenvalue weighted by Gasteiger charge is -2.08. The zero-order chi connectivity index (χ0) is 30.1. The number of rotatable bonds is 33. The molecule has 0 aromatic carbocycles. The van der Waals surface area contributed by atoms with Crippen molar-refractivity contribution >= 4 is 11.9 Å². The minimum Gasteiger partial charge on any atom is -0.465 e. The van der Waals surface area contributed by atoms with Gasteiger partial charge in [0.25, 0.3) is 0 Å². The zero-order valence-corrected chi connectivity index (χ0v) is 27.8. The van der Waals surface area contributed by atoms with Gasteiger partial charge in [-0.1, -0.05) is 187 Å². The first-order valence-corrected chi connectivity index (χ1v) is 18.1. The average molecular weight is 579 g/mol. The van der Waals surface area contributed by atoms with E-state index in [0.717, 1.165) is 25.7 Å². The molecule has 0 aliphatic heterocycles. The fourth-order valence-corrected chi connectivity index (χ4v) is 5.34. The third kappa shape index (κ3) is 31.4. The van der Waals surface area contributed by atoms with Crippen LogP contribution < -0.4 is 0 Å². The Morgan fingerprint density at radius 2 is 0.683 bits per heavy atom. The Bertz CT molecular complexity index is 585. The SMILES string of the molecule is C=C(CC(=O)OCCCCCCCCCCCCCCCC)C(=O)OCCCCCCCCCCCCCCCC. The molecule has 0 aliphatic carbocycles. The summed E-state index contributed by atoms with van der Waals surface area (Å²) in [6.45, 7) is 9.10. The largest absolute Gasteiger partial charge is 0.465 e. The van der Waals surface area contributed by atoms with Gasteiger partial charge in [-0.25, -0.2) is 4.79 Å². The van der Waals surface area contributed by atoms with Crippen LogP contribution in [0.15, 0.2) is 12.2 Å². The number of ether oxygens (including phenoxy) is 2. The monoisotopic (exact) mass is 579 g/mol. The van der Waals surface area contributed by atoms with E-state index in [4.69, 9.17) is 9.47 Å². The fourth-order valence-electron chi connectivity index (χ4n) is 5.34. The van der Waals surface area contributed by atoms with Crippen LogP contribution in [0.25, 0.3) is 0 Å². The summed E-state index contributed by atoms with van der Waals surface area (Å²) < 4.78 is 10.6. The van der Waals surface area contributed by atoms with E-state index < -0.39 is 5.97 Å². The van der Waals surface area contributed by atoms with Crippen molar-refractivity contribution in [1.82, 2.24) is 0 Å². The standard InChI is InChI=1S/C37H70O4/c1-4-6-8-10-12-14-16-18-20-22-24-26-28-30-32-40-36(38)34-35(3)37(39)41-33-31-29-27-25-23-21-19-17-15-13-11-9-7-5-2/h3-34H2,1-2H3. The van der Waals surface area contributed by atoms with Crippen LogP contribution in [0.2, 0.25) is 0 Å². The highest BCUT2D eigenvalue weighted by atomic mass is 16.5. The van der Waals surface area contributed by atoms with Gasteiger partial charge in [-0.3, -0.25) is 4.79 Å². The highest BCUT2D eigenvalue weighted by molar-refractivity contribution is 5.93. The van der Waals surface area contributed by atoms with Crippen LogP contribution in [0.3, 0.4) is 0 Å². The Morgan fingerprint density at radius 1 is 0.415 bits per heavy atom. The average Bonchev–Trinajstić information content (AvgIpc) is 2.96. The van der Waals surface area contributed by atoms with Crippen LogP contribution in [-0.2, 0) is 19.1 Å². The lowest BCUT2D eigenvalue weighted by Crippen LogP contribution is -2.14. The summed E-state index contributed by atoms with van der Waals surface area (Å²) >= 11 is 0. The molecule has 0 aromatic heterocycles. The maximum atomic E-state index is 12.1. The number of unbranched alkanes of at least 4 members (excludes halogenated alkanes) is 26. The van der Waals surface area contributed by atoms with Crippen molar-refractivity contribution in [3.8, 4) is 0 Å². The highest BCUT2D eigenvalue weighted by Crippen LogP contribution is 2.15. The predicted molar refractivity (Wildman–Crippen MR) is 176 cm³/mol. The lowest BCUT2D eigenvalue weighted by molar-refractivity contribution is -0.146. The number of carbonyl (C=O) groups excluding carboxylic acids is 2. The quantitative estimate of drug-likeness (QED) is 0.0441. The maximum Gasteiger partial charge on any atom is 0.333 e. The van der Waals surface area contributed by atoms with Gasteiger partial charge in [-0.05, 0) is 12.8 Å². The van der Waals surface area contributed by atoms with Crippen molar-refractivity contribution in [3.05, 3.63) is 12.2 Å². The van der Waals surface area contributed by atoms with Crippen molar-refractivity contribution in [2.75, 3.05) is 13.2 Å². The number of hydrogen-bond donors (Lipinski definition) is 0. The second-order valence-electron chi connectivity index (χ2n) is 12.3. The van der Waals surface area contributed by atoms with E-state index in [9.17, 15) is 9.59 Å². The van der Waals surface area contributed by atoms with E-state index >= 15 is 0 Å². The maximum absolute atomic E-state index is 12.1. The smallest absolute Gasteiger partial charge is 0.333 e. The molecule has 0 atom stereocenters. The molecule has 0 amide bonds. The molecular weight excluding hydrogens is 508 g/mol. The second kappa shape index (κ2) is 33.2. The van der Waals surface area contributed by atoms with E-state index in [1.165, 1.54) is 154 Å². The van der Waals surface area contributed by atoms with Crippen LogP contribution in [0.4, 0.5) is 0 Å². The number of esters is 2. The van der Waals surface area contributed by atoms with Gasteiger partial charge < -0.3 is 9.47 Å². The molecule has 41 heavy (non-hydrogen) atoms. The van der Waals surface area contributed by atoms with Gasteiger partial charge >= 0.3 is 11.9 Å². The van der Waals surface area contributed by atoms with E-state index in [1.807, 2.05) is 0 Å².